The highest BCUT2D eigenvalue weighted by Gasteiger charge is 2.37. The maximum atomic E-state index is 10.6. The molecule has 2 unspecified atom stereocenters. The van der Waals surface area contributed by atoms with Crippen molar-refractivity contribution in [2.45, 2.75) is 84.1 Å². The molecule has 0 aliphatic rings. The Balaban J connectivity index is 0.000000324. The first kappa shape index (κ1) is 36.5. The number of rotatable bonds is 11. The van der Waals surface area contributed by atoms with Crippen LogP contribution < -0.4 is 5.73 Å². The molecule has 0 aliphatic carbocycles. The van der Waals surface area contributed by atoms with Crippen LogP contribution in [-0.4, -0.2) is 22.2 Å². The number of thiophene rings is 2. The zero-order chi connectivity index (χ0) is 31.9. The Morgan fingerprint density at radius 1 is 0.786 bits per heavy atom. The minimum Gasteiger partial charge on any atom is -0.481 e. The highest BCUT2D eigenvalue weighted by atomic mass is 32.1. The van der Waals surface area contributed by atoms with E-state index in [4.69, 9.17) is 15.9 Å². The number of nitrogens with zero attached hydrogens (tertiary/aromatic N) is 2. The van der Waals surface area contributed by atoms with Crippen molar-refractivity contribution in [2.24, 2.45) is 17.6 Å². The lowest BCUT2D eigenvalue weighted by molar-refractivity contribution is -0.138. The molecule has 226 valence electrons. The van der Waals surface area contributed by atoms with E-state index in [1.54, 1.807) is 0 Å². The van der Waals surface area contributed by atoms with Crippen LogP contribution in [0.1, 0.15) is 88.6 Å². The van der Waals surface area contributed by atoms with Crippen molar-refractivity contribution >= 4 is 34.6 Å². The summed E-state index contributed by atoms with van der Waals surface area (Å²) in [4.78, 5) is 21.3. The molecule has 0 saturated heterocycles. The second kappa shape index (κ2) is 17.5. The van der Waals surface area contributed by atoms with Gasteiger partial charge in [-0.25, -0.2) is 0 Å². The molecule has 0 radical (unpaired) electrons. The number of benzene rings is 1. The summed E-state index contributed by atoms with van der Waals surface area (Å²) in [6.07, 6.45) is 0.795. The van der Waals surface area contributed by atoms with Crippen LogP contribution >= 0.6 is 22.7 Å². The lowest BCUT2D eigenvalue weighted by atomic mass is 9.71. The Hall–Kier alpha value is -3.50. The minimum atomic E-state index is -0.851. The van der Waals surface area contributed by atoms with E-state index in [0.717, 1.165) is 11.1 Å². The second-order valence-corrected chi connectivity index (χ2v) is 12.5. The van der Waals surface area contributed by atoms with Crippen molar-refractivity contribution in [3.8, 4) is 12.1 Å². The first-order chi connectivity index (χ1) is 19.7. The van der Waals surface area contributed by atoms with Gasteiger partial charge in [0, 0.05) is 18.9 Å². The third-order valence-corrected chi connectivity index (χ3v) is 8.88. The summed E-state index contributed by atoms with van der Waals surface area (Å²) in [5.74, 6) is -1.50. The number of nitriles is 2. The summed E-state index contributed by atoms with van der Waals surface area (Å²) >= 11 is 3.07. The van der Waals surface area contributed by atoms with Gasteiger partial charge in [0.1, 0.15) is 0 Å². The molecular weight excluding hydrogens is 567 g/mol. The summed E-state index contributed by atoms with van der Waals surface area (Å²) in [5.41, 5.74) is 8.69. The molecule has 0 bridgehead atoms. The van der Waals surface area contributed by atoms with Crippen molar-refractivity contribution in [1.82, 2.24) is 0 Å². The molecule has 0 saturated carbocycles. The van der Waals surface area contributed by atoms with Crippen LogP contribution in [-0.2, 0) is 20.4 Å². The van der Waals surface area contributed by atoms with Gasteiger partial charge in [-0.05, 0) is 88.9 Å². The molecule has 2 heterocycles. The Morgan fingerprint density at radius 2 is 1.17 bits per heavy atom. The largest absolute Gasteiger partial charge is 0.481 e. The number of carboxylic acids is 2. The predicted molar refractivity (Wildman–Crippen MR) is 170 cm³/mol. The van der Waals surface area contributed by atoms with E-state index in [9.17, 15) is 20.1 Å². The fraction of sp³-hybridized carbons (Fsp3) is 0.455. The van der Waals surface area contributed by atoms with Gasteiger partial charge >= 0.3 is 11.9 Å². The van der Waals surface area contributed by atoms with Crippen LogP contribution in [0.3, 0.4) is 0 Å². The number of aliphatic carboxylic acids is 2. The van der Waals surface area contributed by atoms with Gasteiger partial charge in [0.25, 0.3) is 0 Å². The van der Waals surface area contributed by atoms with Gasteiger partial charge in [-0.3, -0.25) is 9.59 Å². The van der Waals surface area contributed by atoms with E-state index in [2.05, 4.69) is 43.3 Å². The maximum Gasteiger partial charge on any atom is 0.303 e. The molecular formula is C33H43N3O4S2. The van der Waals surface area contributed by atoms with Crippen molar-refractivity contribution in [1.29, 1.82) is 10.5 Å². The van der Waals surface area contributed by atoms with Gasteiger partial charge in [-0.2, -0.15) is 33.2 Å². The molecule has 2 aromatic heterocycles. The van der Waals surface area contributed by atoms with E-state index < -0.39 is 22.8 Å². The number of carboxylic acid groups (broad SMARTS) is 2. The van der Waals surface area contributed by atoms with Gasteiger partial charge in [0.15, 0.2) is 0 Å². The van der Waals surface area contributed by atoms with Crippen LogP contribution in [0.15, 0.2) is 57.9 Å². The molecule has 4 N–H and O–H groups in total. The summed E-state index contributed by atoms with van der Waals surface area (Å²) in [6, 6.07) is 16.9. The minimum absolute atomic E-state index is 0.0294. The quantitative estimate of drug-likeness (QED) is 0.199. The molecule has 0 aliphatic heterocycles. The molecule has 0 spiro atoms. The van der Waals surface area contributed by atoms with Gasteiger partial charge in [0.05, 0.1) is 23.0 Å². The average molecular weight is 610 g/mol. The monoisotopic (exact) mass is 609 g/mol. The van der Waals surface area contributed by atoms with Crippen LogP contribution in [0.25, 0.3) is 0 Å². The van der Waals surface area contributed by atoms with E-state index in [-0.39, 0.29) is 30.7 Å². The second-order valence-electron chi connectivity index (χ2n) is 11.0. The van der Waals surface area contributed by atoms with E-state index >= 15 is 0 Å². The van der Waals surface area contributed by atoms with Crippen molar-refractivity contribution in [3.63, 3.8) is 0 Å². The van der Waals surface area contributed by atoms with E-state index in [0.29, 0.717) is 12.8 Å². The third kappa shape index (κ3) is 10.4. The van der Waals surface area contributed by atoms with Gasteiger partial charge in [-0.1, -0.05) is 57.5 Å². The highest BCUT2D eigenvalue weighted by Crippen LogP contribution is 2.38. The molecule has 42 heavy (non-hydrogen) atoms. The molecule has 7 nitrogen and oxygen atoms in total. The highest BCUT2D eigenvalue weighted by molar-refractivity contribution is 7.08. The Kier molecular flexibility index (Phi) is 15.2. The molecule has 1 aromatic carbocycles. The predicted octanol–water partition coefficient (Wildman–Crippen LogP) is 8.08. The zero-order valence-corrected chi connectivity index (χ0v) is 27.0. The Labute approximate surface area is 258 Å². The van der Waals surface area contributed by atoms with Crippen molar-refractivity contribution < 1.29 is 19.8 Å². The van der Waals surface area contributed by atoms with Crippen LogP contribution in [0.2, 0.25) is 0 Å². The van der Waals surface area contributed by atoms with Crippen molar-refractivity contribution in [3.05, 3.63) is 80.2 Å². The molecule has 9 heteroatoms. The molecule has 3 atom stereocenters. The third-order valence-electron chi connectivity index (χ3n) is 7.51. The number of aryl methyl sites for hydroxylation is 1. The van der Waals surface area contributed by atoms with Gasteiger partial charge < -0.3 is 15.9 Å². The number of carbonyl (C=O) groups is 2. The van der Waals surface area contributed by atoms with Gasteiger partial charge in [-0.15, -0.1) is 0 Å². The van der Waals surface area contributed by atoms with Crippen LogP contribution in [0.5, 0.6) is 0 Å². The van der Waals surface area contributed by atoms with E-state index in [1.165, 1.54) is 33.8 Å². The fourth-order valence-corrected chi connectivity index (χ4v) is 6.03. The molecule has 3 rings (SSSR count). The number of nitrogens with two attached hydrogens (primary N) is 1. The summed E-state index contributed by atoms with van der Waals surface area (Å²) in [5, 5.41) is 44.0. The molecule has 0 fully saturated rings. The lowest BCUT2D eigenvalue weighted by Crippen LogP contribution is -2.31. The molecule has 0 amide bonds. The normalized spacial score (nSPS) is 14.1. The number of hydrogen-bond acceptors (Lipinski definition) is 7. The maximum absolute atomic E-state index is 10.6. The van der Waals surface area contributed by atoms with Crippen molar-refractivity contribution in [2.75, 3.05) is 0 Å². The summed E-state index contributed by atoms with van der Waals surface area (Å²) in [6.45, 7) is 11.9. The summed E-state index contributed by atoms with van der Waals surface area (Å²) in [7, 11) is 0. The summed E-state index contributed by atoms with van der Waals surface area (Å²) < 4.78 is 0. The van der Waals surface area contributed by atoms with Gasteiger partial charge in [0.2, 0.25) is 0 Å². The average Bonchev–Trinajstić information content (AvgIpc) is 3.66. The Morgan fingerprint density at radius 3 is 1.40 bits per heavy atom. The first-order valence-corrected chi connectivity index (χ1v) is 15.8. The first-order valence-electron chi connectivity index (χ1n) is 13.9. The smallest absolute Gasteiger partial charge is 0.303 e. The Bertz CT molecular complexity index is 1230. The molecule has 3 aromatic rings. The van der Waals surface area contributed by atoms with Crippen LogP contribution in [0, 0.1) is 41.4 Å². The fourth-order valence-electron chi connectivity index (χ4n) is 4.55. The standard InChI is InChI=1S/2C12H15NO2S.C9H13N/c2*1-9(2)12(8-13,5-3-11(14)15)10-4-6-16-7-10;1-7-3-5-9(6-4-7)8(2)10/h2*4,6-7,9H,3,5H2,1-2H3,(H,14,15);3-6,8H,10H2,1-2H3/t;;8-/m..1/s1. The van der Waals surface area contributed by atoms with Crippen LogP contribution in [0.4, 0.5) is 0 Å². The topological polar surface area (TPSA) is 148 Å². The number of hydrogen-bond donors (Lipinski definition) is 3. The van der Waals surface area contributed by atoms with E-state index in [1.807, 2.05) is 68.3 Å². The SMILES string of the molecule is CC(C)C(C#N)(CCC(=O)O)c1ccsc1.CC(C)C(C#N)(CCC(=O)O)c1ccsc1.Cc1ccc([C@@H](C)N)cc1. The lowest BCUT2D eigenvalue weighted by Gasteiger charge is -2.29. The zero-order valence-electron chi connectivity index (χ0n) is 25.3.